The van der Waals surface area contributed by atoms with Crippen LogP contribution in [0.5, 0.6) is 0 Å². The van der Waals surface area contributed by atoms with Crippen LogP contribution in [0.25, 0.3) is 0 Å². The molecule has 22 heavy (non-hydrogen) atoms. The maximum absolute atomic E-state index is 12.3. The number of nitrogens with zero attached hydrogens (tertiary/aromatic N) is 2. The fourth-order valence-corrected chi connectivity index (χ4v) is 2.25. The summed E-state index contributed by atoms with van der Waals surface area (Å²) in [7, 11) is 0. The Hall–Kier alpha value is -1.65. The van der Waals surface area contributed by atoms with Gasteiger partial charge in [-0.3, -0.25) is 4.57 Å². The Kier molecular flexibility index (Phi) is 4.73. The van der Waals surface area contributed by atoms with Gasteiger partial charge in [0.25, 0.3) is 0 Å². The molecule has 1 fully saturated rings. The second kappa shape index (κ2) is 6.23. The Labute approximate surface area is 123 Å². The quantitative estimate of drug-likeness (QED) is 0.717. The van der Waals surface area contributed by atoms with Crippen LogP contribution >= 0.6 is 0 Å². The van der Waals surface area contributed by atoms with Gasteiger partial charge >= 0.3 is 11.9 Å². The van der Waals surface area contributed by atoms with Gasteiger partial charge in [0.15, 0.2) is 0 Å². The molecule has 1 aliphatic heterocycles. The van der Waals surface area contributed by atoms with Gasteiger partial charge in [-0.2, -0.15) is 18.2 Å². The van der Waals surface area contributed by atoms with Crippen molar-refractivity contribution in [2.75, 3.05) is 12.3 Å². The number of nitrogens with two attached hydrogens (primary N) is 1. The van der Waals surface area contributed by atoms with Gasteiger partial charge < -0.3 is 20.7 Å². The van der Waals surface area contributed by atoms with Gasteiger partial charge in [0, 0.05) is 24.6 Å². The first-order chi connectivity index (χ1) is 10.2. The Balaban J connectivity index is 2.24. The summed E-state index contributed by atoms with van der Waals surface area (Å²) < 4.78 is 43.1. The molecule has 0 amide bonds. The highest BCUT2D eigenvalue weighted by atomic mass is 19.4. The van der Waals surface area contributed by atoms with Crippen LogP contribution in [0.1, 0.15) is 24.6 Å². The van der Waals surface area contributed by atoms with Gasteiger partial charge in [0.05, 0.1) is 12.7 Å². The molecule has 1 aromatic heterocycles. The van der Waals surface area contributed by atoms with Crippen LogP contribution in [0.3, 0.4) is 0 Å². The summed E-state index contributed by atoms with van der Waals surface area (Å²) in [5.74, 6) is -0.261. The number of nitrogen functional groups attached to an aromatic ring is 1. The SMILES string of the molecule is Nc1nc(=O)n([C@H]2C[C@H](O)[C@@H](CO)O2)cc1CCC(F)(F)F. The van der Waals surface area contributed by atoms with Gasteiger partial charge in [0.2, 0.25) is 0 Å². The summed E-state index contributed by atoms with van der Waals surface area (Å²) in [4.78, 5) is 15.3. The number of ether oxygens (including phenoxy) is 1. The summed E-state index contributed by atoms with van der Waals surface area (Å²) in [5, 5.41) is 18.7. The van der Waals surface area contributed by atoms with Crippen LogP contribution in [0.2, 0.25) is 0 Å². The zero-order valence-corrected chi connectivity index (χ0v) is 11.5. The molecule has 4 N–H and O–H groups in total. The average Bonchev–Trinajstić information content (AvgIpc) is 2.77. The van der Waals surface area contributed by atoms with Crippen molar-refractivity contribution in [3.8, 4) is 0 Å². The van der Waals surface area contributed by atoms with E-state index in [0.717, 1.165) is 10.8 Å². The van der Waals surface area contributed by atoms with Crippen molar-refractivity contribution in [2.24, 2.45) is 0 Å². The van der Waals surface area contributed by atoms with E-state index in [0.29, 0.717) is 0 Å². The Morgan fingerprint density at radius 3 is 2.73 bits per heavy atom. The number of halogens is 3. The average molecular weight is 323 g/mol. The Bertz CT molecular complexity index is 590. The molecule has 0 bridgehead atoms. The van der Waals surface area contributed by atoms with E-state index in [2.05, 4.69) is 4.98 Å². The molecule has 124 valence electrons. The number of rotatable bonds is 4. The fraction of sp³-hybridized carbons (Fsp3) is 0.667. The lowest BCUT2D eigenvalue weighted by molar-refractivity contribution is -0.134. The first-order valence-corrected chi connectivity index (χ1v) is 6.60. The van der Waals surface area contributed by atoms with Crippen LogP contribution in [0.4, 0.5) is 19.0 Å². The lowest BCUT2D eigenvalue weighted by Crippen LogP contribution is -2.29. The predicted molar refractivity (Wildman–Crippen MR) is 68.9 cm³/mol. The lowest BCUT2D eigenvalue weighted by atomic mass is 10.1. The van der Waals surface area contributed by atoms with E-state index < -0.39 is 49.8 Å². The molecule has 0 aliphatic carbocycles. The largest absolute Gasteiger partial charge is 0.394 e. The molecule has 0 unspecified atom stereocenters. The van der Waals surface area contributed by atoms with Gasteiger partial charge in [-0.15, -0.1) is 0 Å². The summed E-state index contributed by atoms with van der Waals surface area (Å²) in [5.41, 5.74) is 4.76. The fourth-order valence-electron chi connectivity index (χ4n) is 2.25. The second-order valence-electron chi connectivity index (χ2n) is 5.07. The third-order valence-electron chi connectivity index (χ3n) is 3.43. The van der Waals surface area contributed by atoms with E-state index in [4.69, 9.17) is 15.6 Å². The molecule has 0 saturated carbocycles. The zero-order chi connectivity index (χ0) is 16.5. The number of aliphatic hydroxyl groups is 2. The molecule has 3 atom stereocenters. The van der Waals surface area contributed by atoms with Crippen LogP contribution in [0, 0.1) is 0 Å². The van der Waals surface area contributed by atoms with Gasteiger partial charge in [-0.05, 0) is 6.42 Å². The highest BCUT2D eigenvalue weighted by Crippen LogP contribution is 2.28. The molecular formula is C12H16F3N3O4. The van der Waals surface area contributed by atoms with Crippen molar-refractivity contribution in [1.82, 2.24) is 9.55 Å². The smallest absolute Gasteiger partial charge is 0.389 e. The number of anilines is 1. The molecular weight excluding hydrogens is 307 g/mol. The second-order valence-corrected chi connectivity index (χ2v) is 5.07. The molecule has 0 aromatic carbocycles. The van der Waals surface area contributed by atoms with E-state index in [9.17, 15) is 23.1 Å². The number of aryl methyl sites for hydroxylation is 1. The molecule has 10 heteroatoms. The molecule has 1 aliphatic rings. The number of aromatic nitrogens is 2. The number of aliphatic hydroxyl groups excluding tert-OH is 2. The predicted octanol–water partition coefficient (Wildman–Crippen LogP) is -0.0389. The van der Waals surface area contributed by atoms with Gasteiger partial charge in [-0.25, -0.2) is 4.79 Å². The molecule has 1 aromatic rings. The summed E-state index contributed by atoms with van der Waals surface area (Å²) in [6.07, 6.45) is -7.41. The van der Waals surface area contributed by atoms with Crippen molar-refractivity contribution in [3.63, 3.8) is 0 Å². The summed E-state index contributed by atoms with van der Waals surface area (Å²) in [6.45, 7) is -0.435. The van der Waals surface area contributed by atoms with Crippen molar-refractivity contribution in [3.05, 3.63) is 22.2 Å². The minimum atomic E-state index is -4.35. The first-order valence-electron chi connectivity index (χ1n) is 6.60. The number of hydrogen-bond donors (Lipinski definition) is 3. The monoisotopic (exact) mass is 323 g/mol. The Morgan fingerprint density at radius 1 is 1.50 bits per heavy atom. The molecule has 1 saturated heterocycles. The minimum absolute atomic E-state index is 0.0233. The van der Waals surface area contributed by atoms with E-state index in [1.54, 1.807) is 0 Å². The normalized spacial score (nSPS) is 25.6. The van der Waals surface area contributed by atoms with Crippen LogP contribution < -0.4 is 11.4 Å². The maximum Gasteiger partial charge on any atom is 0.389 e. The Morgan fingerprint density at radius 2 is 2.18 bits per heavy atom. The van der Waals surface area contributed by atoms with Gasteiger partial charge in [-0.1, -0.05) is 0 Å². The third kappa shape index (κ3) is 3.76. The molecule has 2 heterocycles. The topological polar surface area (TPSA) is 111 Å². The highest BCUT2D eigenvalue weighted by molar-refractivity contribution is 5.36. The number of hydrogen-bond acceptors (Lipinski definition) is 6. The van der Waals surface area contributed by atoms with E-state index >= 15 is 0 Å². The van der Waals surface area contributed by atoms with Crippen molar-refractivity contribution in [2.45, 2.75) is 43.9 Å². The lowest BCUT2D eigenvalue weighted by Gasteiger charge is -2.16. The van der Waals surface area contributed by atoms with E-state index in [1.807, 2.05) is 0 Å². The highest BCUT2D eigenvalue weighted by Gasteiger charge is 2.35. The third-order valence-corrected chi connectivity index (χ3v) is 3.43. The van der Waals surface area contributed by atoms with Crippen molar-refractivity contribution in [1.29, 1.82) is 0 Å². The van der Waals surface area contributed by atoms with Crippen molar-refractivity contribution >= 4 is 5.82 Å². The molecule has 2 rings (SSSR count). The molecule has 0 spiro atoms. The summed E-state index contributed by atoms with van der Waals surface area (Å²) >= 11 is 0. The minimum Gasteiger partial charge on any atom is -0.394 e. The van der Waals surface area contributed by atoms with Crippen molar-refractivity contribution < 1.29 is 28.1 Å². The standard InChI is InChI=1S/C12H16F3N3O4/c13-12(14,15)2-1-6-4-18(11(21)17-10(6)16)9-3-7(20)8(5-19)22-9/h4,7-9,19-20H,1-3,5H2,(H2,16,17,21)/t7-,8+,9+/m0/s1. The van der Waals surface area contributed by atoms with Crippen LogP contribution in [-0.4, -0.2) is 44.8 Å². The van der Waals surface area contributed by atoms with Crippen LogP contribution in [-0.2, 0) is 11.2 Å². The zero-order valence-electron chi connectivity index (χ0n) is 11.5. The number of alkyl halides is 3. The maximum atomic E-state index is 12.3. The van der Waals surface area contributed by atoms with E-state index in [1.165, 1.54) is 0 Å². The van der Waals surface area contributed by atoms with Gasteiger partial charge in [0.1, 0.15) is 18.1 Å². The van der Waals surface area contributed by atoms with Crippen LogP contribution in [0.15, 0.2) is 11.0 Å². The first kappa shape index (κ1) is 16.7. The molecule has 0 radical (unpaired) electrons. The molecule has 7 nitrogen and oxygen atoms in total. The van der Waals surface area contributed by atoms with E-state index in [-0.39, 0.29) is 17.8 Å². The summed E-state index contributed by atoms with van der Waals surface area (Å²) in [6, 6.07) is 0.